The summed E-state index contributed by atoms with van der Waals surface area (Å²) in [6, 6.07) is 13.4. The van der Waals surface area contributed by atoms with E-state index in [1.807, 2.05) is 94.0 Å². The Bertz CT molecular complexity index is 1870. The van der Waals surface area contributed by atoms with E-state index in [0.717, 1.165) is 51.2 Å². The molecule has 0 bridgehead atoms. The van der Waals surface area contributed by atoms with Crippen LogP contribution in [0.3, 0.4) is 0 Å². The first kappa shape index (κ1) is 38.4. The number of ether oxygens (including phenoxy) is 2. The molecular formula is C39H48N6O6S2. The van der Waals surface area contributed by atoms with Crippen LogP contribution >= 0.6 is 22.7 Å². The van der Waals surface area contributed by atoms with Crippen molar-refractivity contribution in [3.8, 4) is 27.4 Å². The number of likely N-dealkylation sites (tertiary alicyclic amines) is 1. The molecule has 2 fully saturated rings. The first-order valence-electron chi connectivity index (χ1n) is 18.0. The van der Waals surface area contributed by atoms with Gasteiger partial charge in [-0.25, -0.2) is 9.97 Å². The molecule has 3 amide bonds. The molecule has 14 heteroatoms. The van der Waals surface area contributed by atoms with Crippen molar-refractivity contribution in [3.63, 3.8) is 0 Å². The number of anilines is 1. The van der Waals surface area contributed by atoms with Crippen LogP contribution in [0.2, 0.25) is 0 Å². The number of carbonyl (C=O) groups is 3. The fourth-order valence-corrected chi connectivity index (χ4v) is 8.23. The van der Waals surface area contributed by atoms with Gasteiger partial charge >= 0.3 is 0 Å². The molecule has 0 radical (unpaired) electrons. The Morgan fingerprint density at radius 2 is 1.72 bits per heavy atom. The van der Waals surface area contributed by atoms with Crippen molar-refractivity contribution >= 4 is 45.5 Å². The maximum Gasteiger partial charge on any atom is 0.246 e. The van der Waals surface area contributed by atoms with E-state index < -0.39 is 29.5 Å². The number of amides is 3. The lowest BCUT2D eigenvalue weighted by molar-refractivity contribution is -0.144. The summed E-state index contributed by atoms with van der Waals surface area (Å²) in [6.45, 7) is 12.7. The number of nitrogens with one attached hydrogen (secondary N) is 2. The van der Waals surface area contributed by atoms with Crippen LogP contribution in [0.15, 0.2) is 59.4 Å². The molecule has 0 saturated carbocycles. The molecule has 4 atom stereocenters. The first-order chi connectivity index (χ1) is 25.4. The van der Waals surface area contributed by atoms with E-state index in [-0.39, 0.29) is 43.8 Å². The molecule has 0 spiro atoms. The lowest BCUT2D eigenvalue weighted by atomic mass is 9.85. The number of thiazole rings is 2. The fraction of sp³-hybridized carbons (Fsp3) is 0.462. The van der Waals surface area contributed by atoms with E-state index >= 15 is 0 Å². The second-order valence-corrected chi connectivity index (χ2v) is 16.3. The number of rotatable bonds is 12. The molecule has 4 heterocycles. The van der Waals surface area contributed by atoms with Crippen LogP contribution in [0, 0.1) is 12.3 Å². The summed E-state index contributed by atoms with van der Waals surface area (Å²) >= 11 is 3.20. The minimum absolute atomic E-state index is 0.00514. The number of β-amino-alcohol motifs (C(OH)–C–C–N with tert-alkyl or cyclic N) is 1. The minimum atomic E-state index is -0.921. The normalized spacial score (nSPS) is 18.8. The zero-order valence-electron chi connectivity index (χ0n) is 30.8. The summed E-state index contributed by atoms with van der Waals surface area (Å²) < 4.78 is 11.3. The second kappa shape index (κ2) is 16.8. The van der Waals surface area contributed by atoms with E-state index in [1.165, 1.54) is 4.90 Å². The van der Waals surface area contributed by atoms with Crippen molar-refractivity contribution in [2.45, 2.75) is 71.7 Å². The van der Waals surface area contributed by atoms with Gasteiger partial charge in [-0.05, 0) is 54.7 Å². The molecule has 12 nitrogen and oxygen atoms in total. The standard InChI is InChI=1S/C39H48N6O6S2/c1-24(26-6-8-28(9-7-26)34-25(2)40-23-53-34)41-36(48)32-20-29(46)21-45(32)37(49)35(39(3,4)5)43-33(47)14-17-51-30-12-10-27(11-13-30)31-22-52-38(42-31)44-15-18-50-19-16-44/h6-13,22-24,29,32,35,46H,14-21H2,1-5H3,(H,41,48)(H,43,47). The predicted octanol–water partition coefficient (Wildman–Crippen LogP) is 5.22. The zero-order chi connectivity index (χ0) is 37.7. The highest BCUT2D eigenvalue weighted by molar-refractivity contribution is 7.14. The van der Waals surface area contributed by atoms with Gasteiger partial charge in [-0.2, -0.15) is 0 Å². The van der Waals surface area contributed by atoms with E-state index in [9.17, 15) is 19.5 Å². The van der Waals surface area contributed by atoms with Crippen LogP contribution in [0.4, 0.5) is 5.13 Å². The van der Waals surface area contributed by atoms with Crippen molar-refractivity contribution in [1.29, 1.82) is 0 Å². The quantitative estimate of drug-likeness (QED) is 0.177. The van der Waals surface area contributed by atoms with Crippen molar-refractivity contribution < 1.29 is 29.0 Å². The van der Waals surface area contributed by atoms with Crippen LogP contribution in [0.25, 0.3) is 21.7 Å². The van der Waals surface area contributed by atoms with E-state index in [1.54, 1.807) is 22.7 Å². The molecule has 2 aromatic carbocycles. The van der Waals surface area contributed by atoms with Crippen LogP contribution in [-0.2, 0) is 19.1 Å². The molecule has 2 aromatic heterocycles. The maximum atomic E-state index is 14.0. The number of hydrogen-bond acceptors (Lipinski definition) is 11. The number of carbonyl (C=O) groups excluding carboxylic acids is 3. The Kier molecular flexibility index (Phi) is 12.1. The monoisotopic (exact) mass is 760 g/mol. The molecule has 4 unspecified atom stereocenters. The van der Waals surface area contributed by atoms with E-state index in [4.69, 9.17) is 14.5 Å². The number of benzene rings is 2. The molecule has 4 aromatic rings. The molecule has 2 saturated heterocycles. The Morgan fingerprint density at radius 1 is 1.02 bits per heavy atom. The first-order valence-corrected chi connectivity index (χ1v) is 19.7. The summed E-state index contributed by atoms with van der Waals surface area (Å²) in [6.07, 6.45) is -0.712. The zero-order valence-corrected chi connectivity index (χ0v) is 32.5. The highest BCUT2D eigenvalue weighted by atomic mass is 32.1. The average Bonchev–Trinajstić information content (AvgIpc) is 3.91. The predicted molar refractivity (Wildman–Crippen MR) is 207 cm³/mol. The number of nitrogens with zero attached hydrogens (tertiary/aromatic N) is 4. The number of aryl methyl sites for hydroxylation is 1. The van der Waals surface area contributed by atoms with Gasteiger partial charge in [0.05, 0.1) is 60.2 Å². The van der Waals surface area contributed by atoms with Crippen molar-refractivity contribution in [2.75, 3.05) is 44.4 Å². The summed E-state index contributed by atoms with van der Waals surface area (Å²) in [4.78, 5) is 54.6. The van der Waals surface area contributed by atoms with Crippen LogP contribution in [0.1, 0.15) is 57.8 Å². The Morgan fingerprint density at radius 3 is 2.38 bits per heavy atom. The van der Waals surface area contributed by atoms with Gasteiger partial charge in [-0.3, -0.25) is 14.4 Å². The van der Waals surface area contributed by atoms with Gasteiger partial charge in [-0.15, -0.1) is 22.7 Å². The van der Waals surface area contributed by atoms with Crippen LogP contribution in [0.5, 0.6) is 5.75 Å². The summed E-state index contributed by atoms with van der Waals surface area (Å²) in [5.41, 5.74) is 5.97. The van der Waals surface area contributed by atoms with Gasteiger partial charge in [0.25, 0.3) is 0 Å². The number of hydrogen-bond donors (Lipinski definition) is 3. The van der Waals surface area contributed by atoms with Gasteiger partial charge in [-0.1, -0.05) is 45.0 Å². The van der Waals surface area contributed by atoms with E-state index in [0.29, 0.717) is 19.0 Å². The van der Waals surface area contributed by atoms with Crippen LogP contribution < -0.4 is 20.3 Å². The number of aromatic nitrogens is 2. The molecule has 282 valence electrons. The van der Waals surface area contributed by atoms with Crippen molar-refractivity contribution in [3.05, 3.63) is 70.7 Å². The lowest BCUT2D eigenvalue weighted by Crippen LogP contribution is -2.58. The second-order valence-electron chi connectivity index (χ2n) is 14.6. The van der Waals surface area contributed by atoms with Gasteiger partial charge in [0, 0.05) is 37.0 Å². The topological polar surface area (TPSA) is 146 Å². The molecule has 3 N–H and O–H groups in total. The highest BCUT2D eigenvalue weighted by Gasteiger charge is 2.44. The third-order valence-corrected chi connectivity index (χ3v) is 11.5. The minimum Gasteiger partial charge on any atom is -0.493 e. The van der Waals surface area contributed by atoms with Crippen molar-refractivity contribution in [2.24, 2.45) is 5.41 Å². The molecule has 53 heavy (non-hydrogen) atoms. The van der Waals surface area contributed by atoms with Gasteiger partial charge in [0.1, 0.15) is 17.8 Å². The lowest BCUT2D eigenvalue weighted by Gasteiger charge is -2.35. The maximum absolute atomic E-state index is 14.0. The largest absolute Gasteiger partial charge is 0.493 e. The number of aliphatic hydroxyl groups excluding tert-OH is 1. The van der Waals surface area contributed by atoms with E-state index in [2.05, 4.69) is 20.5 Å². The third-order valence-electron chi connectivity index (χ3n) is 9.58. The van der Waals surface area contributed by atoms with Gasteiger partial charge in [0.15, 0.2) is 5.13 Å². The number of aliphatic hydroxyl groups is 1. The highest BCUT2D eigenvalue weighted by Crippen LogP contribution is 2.31. The molecule has 2 aliphatic rings. The smallest absolute Gasteiger partial charge is 0.246 e. The Labute approximate surface area is 318 Å². The van der Waals surface area contributed by atoms with Crippen molar-refractivity contribution in [1.82, 2.24) is 25.5 Å². The number of morpholine rings is 1. The molecule has 2 aliphatic heterocycles. The molecular weight excluding hydrogens is 713 g/mol. The Hall–Kier alpha value is -4.37. The van der Waals surface area contributed by atoms with Gasteiger partial charge < -0.3 is 35.0 Å². The molecule has 0 aliphatic carbocycles. The molecule has 6 rings (SSSR count). The summed E-state index contributed by atoms with van der Waals surface area (Å²) in [5, 5.41) is 19.6. The third kappa shape index (κ3) is 9.42. The summed E-state index contributed by atoms with van der Waals surface area (Å²) in [5.74, 6) is -0.488. The fourth-order valence-electron chi connectivity index (χ4n) is 6.53. The van der Waals surface area contributed by atoms with Gasteiger partial charge in [0.2, 0.25) is 17.7 Å². The van der Waals surface area contributed by atoms with Crippen LogP contribution in [-0.4, -0.2) is 95.3 Å². The summed E-state index contributed by atoms with van der Waals surface area (Å²) in [7, 11) is 0. The Balaban J connectivity index is 1.02. The SMILES string of the molecule is Cc1ncsc1-c1ccc(C(C)NC(=O)C2CC(O)CN2C(=O)C(NC(=O)CCOc2ccc(-c3csc(N4CCOCC4)n3)cc2)C(C)(C)C)cc1. The average molecular weight is 761 g/mol.